The Bertz CT molecular complexity index is 1130. The predicted molar refractivity (Wildman–Crippen MR) is 163 cm³/mol. The maximum atomic E-state index is 14.0. The van der Waals surface area contributed by atoms with Gasteiger partial charge in [-0.15, -0.1) is 0 Å². The average Bonchev–Trinajstić information content (AvgIpc) is 3.35. The molecule has 1 aliphatic heterocycles. The van der Waals surface area contributed by atoms with Gasteiger partial charge >= 0.3 is 5.97 Å². The van der Waals surface area contributed by atoms with Gasteiger partial charge in [0.1, 0.15) is 17.8 Å². The monoisotopic (exact) mass is 585 g/mol. The van der Waals surface area contributed by atoms with Gasteiger partial charge in [0.25, 0.3) is 0 Å². The van der Waals surface area contributed by atoms with Crippen LogP contribution in [0.4, 0.5) is 0 Å². The van der Waals surface area contributed by atoms with E-state index in [1.807, 2.05) is 60.6 Å². The first-order valence-electron chi connectivity index (χ1n) is 15.4. The van der Waals surface area contributed by atoms with Crippen molar-refractivity contribution in [3.63, 3.8) is 0 Å². The number of ether oxygens (including phenoxy) is 2. The lowest BCUT2D eigenvalue weighted by Gasteiger charge is -2.35. The summed E-state index contributed by atoms with van der Waals surface area (Å²) < 4.78 is 11.1. The molecule has 2 amide bonds. The number of nitrogens with one attached hydrogen (secondary N) is 1. The summed E-state index contributed by atoms with van der Waals surface area (Å²) in [6.45, 7) is 13.9. The fourth-order valence-corrected chi connectivity index (χ4v) is 6.39. The summed E-state index contributed by atoms with van der Waals surface area (Å²) in [5.74, 6) is 0.120. The number of hydrogen-bond acceptors (Lipinski definition) is 7. The first-order valence-corrected chi connectivity index (χ1v) is 15.4. The summed E-state index contributed by atoms with van der Waals surface area (Å²) in [4.78, 5) is 41.6. The van der Waals surface area contributed by atoms with E-state index in [9.17, 15) is 19.6 Å². The molecule has 0 radical (unpaired) electrons. The molecule has 0 bridgehead atoms. The van der Waals surface area contributed by atoms with Crippen LogP contribution in [0.1, 0.15) is 103 Å². The second-order valence-electron chi connectivity index (χ2n) is 13.6. The fraction of sp³-hybridized carbons (Fsp3) is 0.697. The van der Waals surface area contributed by atoms with Crippen LogP contribution in [-0.2, 0) is 19.1 Å². The SMILES string of the molecule is COC(=O)[C@@H]1C[C@H](C/C(=N\O)c2cc(C)c(OC(C)C)c(C)c2)CN1C(=O)[C@@H](NC(=O)CC1CCCCC1)C(C)(C)C. The van der Waals surface area contributed by atoms with Crippen molar-refractivity contribution in [3.8, 4) is 5.75 Å². The number of methoxy groups -OCH3 is 1. The zero-order valence-corrected chi connectivity index (χ0v) is 26.8. The Morgan fingerprint density at radius 2 is 1.67 bits per heavy atom. The predicted octanol–water partition coefficient (Wildman–Crippen LogP) is 5.55. The molecule has 2 fully saturated rings. The molecule has 2 aliphatic rings. The smallest absolute Gasteiger partial charge is 0.328 e. The molecule has 9 heteroatoms. The number of likely N-dealkylation sites (tertiary alicyclic amines) is 1. The molecule has 9 nitrogen and oxygen atoms in total. The molecule has 1 aliphatic carbocycles. The highest BCUT2D eigenvalue weighted by Gasteiger charge is 2.45. The number of oxime groups is 1. The number of carbonyl (C=O) groups excluding carboxylic acids is 3. The lowest BCUT2D eigenvalue weighted by atomic mass is 9.84. The van der Waals surface area contributed by atoms with Crippen LogP contribution in [-0.4, -0.2) is 65.4 Å². The van der Waals surface area contributed by atoms with Crippen molar-refractivity contribution in [1.82, 2.24) is 10.2 Å². The molecule has 1 saturated carbocycles. The molecule has 0 unspecified atom stereocenters. The number of aryl methyl sites for hydroxylation is 2. The van der Waals surface area contributed by atoms with E-state index in [1.54, 1.807) is 4.90 Å². The third-order valence-electron chi connectivity index (χ3n) is 8.51. The van der Waals surface area contributed by atoms with E-state index >= 15 is 0 Å². The number of esters is 1. The van der Waals surface area contributed by atoms with E-state index in [0.29, 0.717) is 30.9 Å². The highest BCUT2D eigenvalue weighted by molar-refractivity contribution is 6.01. The zero-order chi connectivity index (χ0) is 31.2. The lowest BCUT2D eigenvalue weighted by Crippen LogP contribution is -2.57. The summed E-state index contributed by atoms with van der Waals surface area (Å²) in [6.07, 6.45) is 6.77. The van der Waals surface area contributed by atoms with Crippen LogP contribution >= 0.6 is 0 Å². The quantitative estimate of drug-likeness (QED) is 0.161. The molecule has 2 N–H and O–H groups in total. The molecular weight excluding hydrogens is 534 g/mol. The normalized spacial score (nSPS) is 20.9. The van der Waals surface area contributed by atoms with E-state index in [-0.39, 0.29) is 30.4 Å². The van der Waals surface area contributed by atoms with Crippen molar-refractivity contribution in [2.24, 2.45) is 22.4 Å². The van der Waals surface area contributed by atoms with E-state index < -0.39 is 23.5 Å². The Hall–Kier alpha value is -3.10. The highest BCUT2D eigenvalue weighted by Crippen LogP contribution is 2.33. The van der Waals surface area contributed by atoms with Gasteiger partial charge in [0.05, 0.1) is 18.9 Å². The van der Waals surface area contributed by atoms with Gasteiger partial charge in [-0.3, -0.25) is 9.59 Å². The standard InChI is InChI=1S/C33H51N3O6/c1-20(2)42-29-21(3)14-25(15-22(29)4)26(35-40)16-24-17-27(32(39)41-8)36(19-24)31(38)30(33(5,6)7)34-28(37)18-23-12-10-9-11-13-23/h14-15,20,23-24,27,30,40H,9-13,16-19H2,1-8H3,(H,34,37)/b35-26+/t24-,27-,30+/m0/s1. The Morgan fingerprint density at radius 1 is 1.05 bits per heavy atom. The molecular formula is C33H51N3O6. The van der Waals surface area contributed by atoms with Crippen LogP contribution in [0.25, 0.3) is 0 Å². The largest absolute Gasteiger partial charge is 0.490 e. The number of hydrogen-bond donors (Lipinski definition) is 2. The van der Waals surface area contributed by atoms with Gasteiger partial charge in [0.2, 0.25) is 11.8 Å². The van der Waals surface area contributed by atoms with Gasteiger partial charge in [0, 0.05) is 18.5 Å². The molecule has 1 saturated heterocycles. The second kappa shape index (κ2) is 14.4. The number of amides is 2. The Kier molecular flexibility index (Phi) is 11.4. The number of benzene rings is 1. The minimum absolute atomic E-state index is 0.0328. The number of rotatable bonds is 10. The van der Waals surface area contributed by atoms with E-state index in [4.69, 9.17) is 9.47 Å². The van der Waals surface area contributed by atoms with Crippen molar-refractivity contribution in [2.45, 2.75) is 118 Å². The van der Waals surface area contributed by atoms with Crippen LogP contribution in [0.5, 0.6) is 5.75 Å². The Labute approximate surface area is 251 Å². The summed E-state index contributed by atoms with van der Waals surface area (Å²) in [5, 5.41) is 16.6. The summed E-state index contributed by atoms with van der Waals surface area (Å²) >= 11 is 0. The minimum atomic E-state index is -0.788. The van der Waals surface area contributed by atoms with Crippen molar-refractivity contribution >= 4 is 23.5 Å². The van der Waals surface area contributed by atoms with E-state index in [2.05, 4.69) is 10.5 Å². The third kappa shape index (κ3) is 8.48. The van der Waals surface area contributed by atoms with Crippen molar-refractivity contribution in [3.05, 3.63) is 28.8 Å². The second-order valence-corrected chi connectivity index (χ2v) is 13.6. The molecule has 0 aromatic heterocycles. The topological polar surface area (TPSA) is 118 Å². The molecule has 1 heterocycles. The Morgan fingerprint density at radius 3 is 2.19 bits per heavy atom. The highest BCUT2D eigenvalue weighted by atomic mass is 16.5. The van der Waals surface area contributed by atoms with Crippen molar-refractivity contribution in [2.75, 3.05) is 13.7 Å². The van der Waals surface area contributed by atoms with E-state index in [0.717, 1.165) is 48.1 Å². The molecule has 3 rings (SSSR count). The van der Waals surface area contributed by atoms with Gasteiger partial charge in [0.15, 0.2) is 0 Å². The van der Waals surface area contributed by atoms with Crippen LogP contribution in [0.15, 0.2) is 17.3 Å². The van der Waals surface area contributed by atoms with Gasteiger partial charge in [-0.2, -0.15) is 0 Å². The summed E-state index contributed by atoms with van der Waals surface area (Å²) in [6, 6.07) is 2.31. The molecule has 1 aromatic rings. The third-order valence-corrected chi connectivity index (χ3v) is 8.51. The van der Waals surface area contributed by atoms with Gasteiger partial charge in [-0.25, -0.2) is 4.79 Å². The maximum absolute atomic E-state index is 14.0. The molecule has 1 aromatic carbocycles. The zero-order valence-electron chi connectivity index (χ0n) is 26.8. The molecule has 234 valence electrons. The first kappa shape index (κ1) is 33.4. The van der Waals surface area contributed by atoms with Crippen LogP contribution in [0.3, 0.4) is 0 Å². The average molecular weight is 586 g/mol. The van der Waals surface area contributed by atoms with E-state index in [1.165, 1.54) is 13.5 Å². The fourth-order valence-electron chi connectivity index (χ4n) is 6.39. The lowest BCUT2D eigenvalue weighted by molar-refractivity contribution is -0.153. The molecule has 3 atom stereocenters. The van der Waals surface area contributed by atoms with Crippen molar-refractivity contribution < 1.29 is 29.1 Å². The Balaban J connectivity index is 1.79. The van der Waals surface area contributed by atoms with Gasteiger partial charge in [-0.1, -0.05) is 45.2 Å². The minimum Gasteiger partial charge on any atom is -0.490 e. The van der Waals surface area contributed by atoms with Gasteiger partial charge < -0.3 is 24.9 Å². The number of carbonyl (C=O) groups is 3. The molecule has 0 spiro atoms. The van der Waals surface area contributed by atoms with Gasteiger partial charge in [-0.05, 0) is 93.9 Å². The maximum Gasteiger partial charge on any atom is 0.328 e. The van der Waals surface area contributed by atoms with Crippen LogP contribution in [0.2, 0.25) is 0 Å². The summed E-state index contributed by atoms with van der Waals surface area (Å²) in [7, 11) is 1.32. The summed E-state index contributed by atoms with van der Waals surface area (Å²) in [5.41, 5.74) is 2.56. The van der Waals surface area contributed by atoms with Crippen LogP contribution in [0, 0.1) is 31.1 Å². The molecule has 42 heavy (non-hydrogen) atoms. The first-order chi connectivity index (χ1) is 19.7. The van der Waals surface area contributed by atoms with Crippen molar-refractivity contribution in [1.29, 1.82) is 0 Å². The van der Waals surface area contributed by atoms with Crippen LogP contribution < -0.4 is 10.1 Å². The number of nitrogens with zero attached hydrogens (tertiary/aromatic N) is 2.